The van der Waals surface area contributed by atoms with Gasteiger partial charge >= 0.3 is 5.97 Å². The van der Waals surface area contributed by atoms with Crippen LogP contribution in [0, 0.1) is 6.92 Å². The van der Waals surface area contributed by atoms with Crippen LogP contribution >= 0.6 is 0 Å². The highest BCUT2D eigenvalue weighted by atomic mass is 16.5. The van der Waals surface area contributed by atoms with Crippen LogP contribution in [0.15, 0.2) is 42.5 Å². The van der Waals surface area contributed by atoms with Crippen molar-refractivity contribution in [2.45, 2.75) is 46.2 Å². The maximum absolute atomic E-state index is 13.1. The molecular formula is C25H33N3O4. The molecule has 7 nitrogen and oxygen atoms in total. The molecule has 0 bridgehead atoms. The molecule has 0 saturated heterocycles. The number of hydrogen-bond acceptors (Lipinski definition) is 5. The Balaban J connectivity index is 1.62. The van der Waals surface area contributed by atoms with E-state index < -0.39 is 12.0 Å². The molecule has 0 saturated carbocycles. The molecule has 0 radical (unpaired) electrons. The number of carbonyl (C=O) groups is 2. The van der Waals surface area contributed by atoms with Gasteiger partial charge in [0.05, 0.1) is 24.0 Å². The summed E-state index contributed by atoms with van der Waals surface area (Å²) in [5.41, 5.74) is 3.72. The Morgan fingerprint density at radius 3 is 2.53 bits per heavy atom. The summed E-state index contributed by atoms with van der Waals surface area (Å²) in [6.07, 6.45) is 0.411. The van der Waals surface area contributed by atoms with Gasteiger partial charge in [0.15, 0.2) is 0 Å². The average molecular weight is 440 g/mol. The third-order valence-electron chi connectivity index (χ3n) is 5.82. The summed E-state index contributed by atoms with van der Waals surface area (Å²) < 4.78 is 5.96. The number of hydrogen-bond donors (Lipinski definition) is 2. The molecule has 3 rings (SSSR count). The molecule has 0 spiro atoms. The van der Waals surface area contributed by atoms with Gasteiger partial charge in [-0.3, -0.25) is 9.59 Å². The average Bonchev–Trinajstić information content (AvgIpc) is 2.78. The first-order valence-corrected chi connectivity index (χ1v) is 11.2. The van der Waals surface area contributed by atoms with Crippen molar-refractivity contribution in [3.63, 3.8) is 0 Å². The monoisotopic (exact) mass is 439 g/mol. The first kappa shape index (κ1) is 23.6. The molecule has 0 aliphatic carbocycles. The zero-order valence-electron chi connectivity index (χ0n) is 19.3. The van der Waals surface area contributed by atoms with Crippen molar-refractivity contribution in [1.82, 2.24) is 10.2 Å². The van der Waals surface area contributed by atoms with Gasteiger partial charge in [0, 0.05) is 6.54 Å². The lowest BCUT2D eigenvalue weighted by atomic mass is 10.0. The molecule has 2 aromatic carbocycles. The van der Waals surface area contributed by atoms with Crippen LogP contribution < -0.4 is 15.0 Å². The minimum Gasteiger partial charge on any atom is -0.491 e. The SMILES string of the molecule is CCNC(Cc1ccc(OCC(C)N2CN(CC)c3ccc(C)cc3C2=O)cc1)C(=O)O. The minimum atomic E-state index is -0.856. The summed E-state index contributed by atoms with van der Waals surface area (Å²) in [6, 6.07) is 12.8. The number of nitrogens with zero attached hydrogens (tertiary/aromatic N) is 2. The Morgan fingerprint density at radius 1 is 1.19 bits per heavy atom. The maximum Gasteiger partial charge on any atom is 0.321 e. The number of anilines is 1. The molecule has 2 unspecified atom stereocenters. The smallest absolute Gasteiger partial charge is 0.321 e. The number of ether oxygens (including phenoxy) is 1. The zero-order chi connectivity index (χ0) is 23.3. The van der Waals surface area contributed by atoms with E-state index >= 15 is 0 Å². The van der Waals surface area contributed by atoms with E-state index in [4.69, 9.17) is 4.74 Å². The molecule has 1 aliphatic rings. The van der Waals surface area contributed by atoms with Gasteiger partial charge in [-0.2, -0.15) is 0 Å². The number of aliphatic carboxylic acids is 1. The molecule has 2 atom stereocenters. The van der Waals surface area contributed by atoms with Crippen molar-refractivity contribution in [2.24, 2.45) is 0 Å². The molecule has 7 heteroatoms. The van der Waals surface area contributed by atoms with Gasteiger partial charge in [-0.05, 0) is 63.6 Å². The number of amides is 1. The van der Waals surface area contributed by atoms with Crippen molar-refractivity contribution in [1.29, 1.82) is 0 Å². The molecule has 0 aromatic heterocycles. The summed E-state index contributed by atoms with van der Waals surface area (Å²) >= 11 is 0. The second kappa shape index (κ2) is 10.5. The van der Waals surface area contributed by atoms with E-state index in [1.165, 1.54) is 0 Å². The van der Waals surface area contributed by atoms with E-state index in [2.05, 4.69) is 17.1 Å². The van der Waals surface area contributed by atoms with Gasteiger partial charge in [0.25, 0.3) is 5.91 Å². The van der Waals surface area contributed by atoms with Crippen LogP contribution in [0.25, 0.3) is 0 Å². The van der Waals surface area contributed by atoms with Gasteiger partial charge in [-0.25, -0.2) is 0 Å². The van der Waals surface area contributed by atoms with E-state index in [0.717, 1.165) is 28.9 Å². The molecule has 1 heterocycles. The van der Waals surface area contributed by atoms with E-state index in [1.54, 1.807) is 0 Å². The highest BCUT2D eigenvalue weighted by Gasteiger charge is 2.31. The van der Waals surface area contributed by atoms with E-state index in [0.29, 0.717) is 32.0 Å². The van der Waals surface area contributed by atoms with Crippen LogP contribution in [-0.4, -0.2) is 60.3 Å². The Kier molecular flexibility index (Phi) is 7.75. The van der Waals surface area contributed by atoms with Gasteiger partial charge < -0.3 is 25.0 Å². The lowest BCUT2D eigenvalue weighted by Crippen LogP contribution is -2.52. The maximum atomic E-state index is 13.1. The molecule has 0 fully saturated rings. The van der Waals surface area contributed by atoms with Gasteiger partial charge in [-0.1, -0.05) is 30.7 Å². The van der Waals surface area contributed by atoms with Crippen molar-refractivity contribution in [3.8, 4) is 5.75 Å². The minimum absolute atomic E-state index is 0.0305. The summed E-state index contributed by atoms with van der Waals surface area (Å²) in [7, 11) is 0. The number of nitrogens with one attached hydrogen (secondary N) is 1. The third kappa shape index (κ3) is 5.40. The number of rotatable bonds is 10. The zero-order valence-corrected chi connectivity index (χ0v) is 19.3. The summed E-state index contributed by atoms with van der Waals surface area (Å²) in [5.74, 6) is -0.128. The first-order chi connectivity index (χ1) is 15.3. The fraction of sp³-hybridized carbons (Fsp3) is 0.440. The van der Waals surface area contributed by atoms with Crippen LogP contribution in [0.3, 0.4) is 0 Å². The van der Waals surface area contributed by atoms with Crippen molar-refractivity contribution < 1.29 is 19.4 Å². The lowest BCUT2D eigenvalue weighted by Gasteiger charge is -2.40. The Bertz CT molecular complexity index is 945. The predicted octanol–water partition coefficient (Wildman–Crippen LogP) is 3.31. The summed E-state index contributed by atoms with van der Waals surface area (Å²) in [5, 5.41) is 12.3. The normalized spacial score (nSPS) is 15.3. The molecule has 1 amide bonds. The van der Waals surface area contributed by atoms with Gasteiger partial charge in [-0.15, -0.1) is 0 Å². The Hall–Kier alpha value is -3.06. The number of benzene rings is 2. The second-order valence-electron chi connectivity index (χ2n) is 8.25. The van der Waals surface area contributed by atoms with Crippen LogP contribution in [0.2, 0.25) is 0 Å². The Morgan fingerprint density at radius 2 is 1.91 bits per heavy atom. The fourth-order valence-electron chi connectivity index (χ4n) is 3.94. The van der Waals surface area contributed by atoms with Crippen molar-refractivity contribution >= 4 is 17.6 Å². The number of aryl methyl sites for hydroxylation is 1. The van der Waals surface area contributed by atoms with E-state index in [1.807, 2.05) is 68.1 Å². The van der Waals surface area contributed by atoms with E-state index in [-0.39, 0.29) is 11.9 Å². The van der Waals surface area contributed by atoms with Crippen LogP contribution in [0.5, 0.6) is 5.75 Å². The standard InChI is InChI=1S/C25H33N3O4/c1-5-26-22(25(30)31)14-19-8-10-20(11-9-19)32-15-18(4)28-16-27(6-2)23-12-7-17(3)13-21(23)24(28)29/h7-13,18,22,26H,5-6,14-16H2,1-4H3,(H,30,31). The molecule has 2 N–H and O–H groups in total. The van der Waals surface area contributed by atoms with Crippen LogP contribution in [-0.2, 0) is 11.2 Å². The first-order valence-electron chi connectivity index (χ1n) is 11.2. The quantitative estimate of drug-likeness (QED) is 0.591. The molecular weight excluding hydrogens is 406 g/mol. The van der Waals surface area contributed by atoms with Crippen molar-refractivity contribution in [3.05, 3.63) is 59.2 Å². The van der Waals surface area contributed by atoms with Crippen LogP contribution in [0.4, 0.5) is 5.69 Å². The molecule has 172 valence electrons. The Labute approximate surface area is 190 Å². The number of carbonyl (C=O) groups excluding carboxylic acids is 1. The van der Waals surface area contributed by atoms with Gasteiger partial charge in [0.1, 0.15) is 18.4 Å². The molecule has 2 aromatic rings. The van der Waals surface area contributed by atoms with Crippen molar-refractivity contribution in [2.75, 3.05) is 31.3 Å². The number of likely N-dealkylation sites (N-methyl/N-ethyl adjacent to an activating group) is 1. The number of fused-ring (bicyclic) bond motifs is 1. The summed E-state index contributed by atoms with van der Waals surface area (Å²) in [4.78, 5) is 28.5. The topological polar surface area (TPSA) is 82.1 Å². The van der Waals surface area contributed by atoms with Crippen LogP contribution in [0.1, 0.15) is 42.3 Å². The highest BCUT2D eigenvalue weighted by Crippen LogP contribution is 2.29. The summed E-state index contributed by atoms with van der Waals surface area (Å²) in [6.45, 7) is 10.3. The highest BCUT2D eigenvalue weighted by molar-refractivity contribution is 6.02. The largest absolute Gasteiger partial charge is 0.491 e. The van der Waals surface area contributed by atoms with Gasteiger partial charge in [0.2, 0.25) is 0 Å². The fourth-order valence-corrected chi connectivity index (χ4v) is 3.94. The predicted molar refractivity (Wildman–Crippen MR) is 125 cm³/mol. The third-order valence-corrected chi connectivity index (χ3v) is 5.82. The molecule has 32 heavy (non-hydrogen) atoms. The second-order valence-corrected chi connectivity index (χ2v) is 8.25. The lowest BCUT2D eigenvalue weighted by molar-refractivity contribution is -0.139. The van der Waals surface area contributed by atoms with E-state index in [9.17, 15) is 14.7 Å². The number of carboxylic acids is 1. The number of carboxylic acid groups (broad SMARTS) is 1. The molecule has 1 aliphatic heterocycles.